The highest BCUT2D eigenvalue weighted by molar-refractivity contribution is 5.54. The summed E-state index contributed by atoms with van der Waals surface area (Å²) in [4.78, 5) is 2.10. The van der Waals surface area contributed by atoms with Gasteiger partial charge in [0, 0.05) is 25.7 Å². The van der Waals surface area contributed by atoms with E-state index in [0.29, 0.717) is 6.54 Å². The molecule has 1 aliphatic carbocycles. The standard InChI is InChI=1S/C17H27FN2/c1-17(2,3)19-11-14-9-6-10-15(18)16(14)20(4)12-13-7-5-8-13/h6,9-10,13,19H,5,7-8,11-12H2,1-4H3. The molecule has 0 heterocycles. The van der Waals surface area contributed by atoms with Crippen LogP contribution in [0.4, 0.5) is 10.1 Å². The highest BCUT2D eigenvalue weighted by Gasteiger charge is 2.22. The number of rotatable bonds is 5. The first-order valence-corrected chi connectivity index (χ1v) is 7.60. The van der Waals surface area contributed by atoms with E-state index in [4.69, 9.17) is 0 Å². The van der Waals surface area contributed by atoms with Crippen molar-refractivity contribution in [2.45, 2.75) is 52.1 Å². The molecular weight excluding hydrogens is 251 g/mol. The van der Waals surface area contributed by atoms with Gasteiger partial charge < -0.3 is 10.2 Å². The molecule has 3 heteroatoms. The number of nitrogens with one attached hydrogen (secondary N) is 1. The normalized spacial score (nSPS) is 16.1. The third-order valence-corrected chi connectivity index (χ3v) is 4.02. The van der Waals surface area contributed by atoms with Crippen molar-refractivity contribution in [2.75, 3.05) is 18.5 Å². The Morgan fingerprint density at radius 1 is 1.30 bits per heavy atom. The van der Waals surface area contributed by atoms with Gasteiger partial charge >= 0.3 is 0 Å². The minimum atomic E-state index is -0.111. The molecule has 1 saturated carbocycles. The second-order valence-corrected chi connectivity index (χ2v) is 7.03. The van der Waals surface area contributed by atoms with Gasteiger partial charge in [-0.3, -0.25) is 0 Å². The maximum absolute atomic E-state index is 14.2. The fourth-order valence-electron chi connectivity index (χ4n) is 2.64. The number of benzene rings is 1. The Balaban J connectivity index is 2.12. The molecule has 0 atom stereocenters. The Morgan fingerprint density at radius 3 is 2.55 bits per heavy atom. The van der Waals surface area contributed by atoms with Gasteiger partial charge in [0.1, 0.15) is 5.82 Å². The van der Waals surface area contributed by atoms with Gasteiger partial charge in [-0.1, -0.05) is 18.6 Å². The van der Waals surface area contributed by atoms with Gasteiger partial charge in [0.2, 0.25) is 0 Å². The topological polar surface area (TPSA) is 15.3 Å². The Labute approximate surface area is 122 Å². The van der Waals surface area contributed by atoms with Crippen molar-refractivity contribution in [2.24, 2.45) is 5.92 Å². The van der Waals surface area contributed by atoms with Gasteiger partial charge in [-0.05, 0) is 51.2 Å². The Morgan fingerprint density at radius 2 is 2.00 bits per heavy atom. The number of halogens is 1. The predicted octanol–water partition coefficient (Wildman–Crippen LogP) is 3.95. The van der Waals surface area contributed by atoms with Crippen molar-refractivity contribution >= 4 is 5.69 Å². The highest BCUT2D eigenvalue weighted by Crippen LogP contribution is 2.30. The van der Waals surface area contributed by atoms with Gasteiger partial charge in [-0.2, -0.15) is 0 Å². The van der Waals surface area contributed by atoms with E-state index in [9.17, 15) is 4.39 Å². The summed E-state index contributed by atoms with van der Waals surface area (Å²) in [5.74, 6) is 0.628. The van der Waals surface area contributed by atoms with Gasteiger partial charge in [-0.25, -0.2) is 4.39 Å². The molecule has 1 N–H and O–H groups in total. The summed E-state index contributed by atoms with van der Waals surface area (Å²) < 4.78 is 14.2. The third-order valence-electron chi connectivity index (χ3n) is 4.02. The molecule has 1 aromatic carbocycles. The van der Waals surface area contributed by atoms with E-state index in [-0.39, 0.29) is 11.4 Å². The summed E-state index contributed by atoms with van der Waals surface area (Å²) in [5, 5.41) is 3.45. The molecule has 0 amide bonds. The van der Waals surface area contributed by atoms with Crippen LogP contribution < -0.4 is 10.2 Å². The largest absolute Gasteiger partial charge is 0.372 e. The quantitative estimate of drug-likeness (QED) is 0.877. The molecule has 1 aliphatic rings. The van der Waals surface area contributed by atoms with Crippen molar-refractivity contribution in [1.29, 1.82) is 0 Å². The summed E-state index contributed by atoms with van der Waals surface area (Å²) in [5.41, 5.74) is 1.84. The van der Waals surface area contributed by atoms with E-state index in [2.05, 4.69) is 31.0 Å². The van der Waals surface area contributed by atoms with Crippen LogP contribution in [0.15, 0.2) is 18.2 Å². The monoisotopic (exact) mass is 278 g/mol. The fraction of sp³-hybridized carbons (Fsp3) is 0.647. The Bertz CT molecular complexity index is 447. The average Bonchev–Trinajstić information content (AvgIpc) is 2.30. The number of nitrogens with zero attached hydrogens (tertiary/aromatic N) is 1. The van der Waals surface area contributed by atoms with Crippen molar-refractivity contribution in [1.82, 2.24) is 5.32 Å². The molecule has 0 saturated heterocycles. The first-order chi connectivity index (χ1) is 9.37. The summed E-state index contributed by atoms with van der Waals surface area (Å²) in [6.07, 6.45) is 3.90. The molecule has 0 bridgehead atoms. The molecule has 20 heavy (non-hydrogen) atoms. The van der Waals surface area contributed by atoms with E-state index in [0.717, 1.165) is 23.7 Å². The zero-order valence-electron chi connectivity index (χ0n) is 13.2. The Kier molecular flexibility index (Phi) is 4.69. The third kappa shape index (κ3) is 3.95. The van der Waals surface area contributed by atoms with E-state index in [1.165, 1.54) is 19.3 Å². The zero-order valence-corrected chi connectivity index (χ0v) is 13.2. The maximum atomic E-state index is 14.2. The number of hydrogen-bond donors (Lipinski definition) is 1. The van der Waals surface area contributed by atoms with Crippen LogP contribution in [0.3, 0.4) is 0 Å². The maximum Gasteiger partial charge on any atom is 0.146 e. The minimum absolute atomic E-state index is 0.0378. The van der Waals surface area contributed by atoms with Crippen LogP contribution in [0.1, 0.15) is 45.6 Å². The molecular formula is C17H27FN2. The van der Waals surface area contributed by atoms with Crippen LogP contribution in [-0.2, 0) is 6.54 Å². The summed E-state index contributed by atoms with van der Waals surface area (Å²) in [6.45, 7) is 8.05. The molecule has 112 valence electrons. The zero-order chi connectivity index (χ0) is 14.8. The van der Waals surface area contributed by atoms with Crippen molar-refractivity contribution in [3.8, 4) is 0 Å². The van der Waals surface area contributed by atoms with Crippen LogP contribution in [0.2, 0.25) is 0 Å². The minimum Gasteiger partial charge on any atom is -0.372 e. The molecule has 0 unspecified atom stereocenters. The molecule has 0 aromatic heterocycles. The van der Waals surface area contributed by atoms with Crippen molar-refractivity contribution in [3.05, 3.63) is 29.6 Å². The van der Waals surface area contributed by atoms with E-state index in [1.54, 1.807) is 12.1 Å². The fourth-order valence-corrected chi connectivity index (χ4v) is 2.64. The molecule has 1 aromatic rings. The average molecular weight is 278 g/mol. The summed E-state index contributed by atoms with van der Waals surface area (Å²) in [6, 6.07) is 5.39. The van der Waals surface area contributed by atoms with E-state index >= 15 is 0 Å². The summed E-state index contributed by atoms with van der Waals surface area (Å²) in [7, 11) is 2.01. The van der Waals surface area contributed by atoms with Crippen LogP contribution in [0, 0.1) is 11.7 Å². The van der Waals surface area contributed by atoms with Crippen LogP contribution in [-0.4, -0.2) is 19.1 Å². The van der Waals surface area contributed by atoms with E-state index < -0.39 is 0 Å². The molecule has 0 aliphatic heterocycles. The van der Waals surface area contributed by atoms with Gasteiger partial charge in [-0.15, -0.1) is 0 Å². The lowest BCUT2D eigenvalue weighted by molar-refractivity contribution is 0.320. The Hall–Kier alpha value is -1.09. The van der Waals surface area contributed by atoms with Crippen molar-refractivity contribution < 1.29 is 4.39 Å². The lowest BCUT2D eigenvalue weighted by Crippen LogP contribution is -2.36. The first kappa shape index (κ1) is 15.3. The predicted molar refractivity (Wildman–Crippen MR) is 83.6 cm³/mol. The lowest BCUT2D eigenvalue weighted by Gasteiger charge is -2.33. The van der Waals surface area contributed by atoms with Gasteiger partial charge in [0.05, 0.1) is 5.69 Å². The second kappa shape index (κ2) is 6.13. The molecule has 1 fully saturated rings. The molecule has 2 rings (SSSR count). The first-order valence-electron chi connectivity index (χ1n) is 7.60. The number of anilines is 1. The number of para-hydroxylation sites is 1. The molecule has 0 radical (unpaired) electrons. The van der Waals surface area contributed by atoms with Crippen LogP contribution >= 0.6 is 0 Å². The lowest BCUT2D eigenvalue weighted by atomic mass is 9.85. The smallest absolute Gasteiger partial charge is 0.146 e. The van der Waals surface area contributed by atoms with Gasteiger partial charge in [0.25, 0.3) is 0 Å². The van der Waals surface area contributed by atoms with Crippen molar-refractivity contribution in [3.63, 3.8) is 0 Å². The van der Waals surface area contributed by atoms with Gasteiger partial charge in [0.15, 0.2) is 0 Å². The second-order valence-electron chi connectivity index (χ2n) is 7.03. The molecule has 2 nitrogen and oxygen atoms in total. The highest BCUT2D eigenvalue weighted by atomic mass is 19.1. The van der Waals surface area contributed by atoms with Crippen LogP contribution in [0.25, 0.3) is 0 Å². The number of hydrogen-bond acceptors (Lipinski definition) is 2. The molecule has 0 spiro atoms. The van der Waals surface area contributed by atoms with E-state index in [1.807, 2.05) is 13.1 Å². The van der Waals surface area contributed by atoms with Crippen LogP contribution in [0.5, 0.6) is 0 Å². The SMILES string of the molecule is CN(CC1CCC1)c1c(F)cccc1CNC(C)(C)C. The summed E-state index contributed by atoms with van der Waals surface area (Å²) >= 11 is 0.